The fraction of sp³-hybridized carbons (Fsp3) is 0.389. The molecule has 21 nitrogen and oxygen atoms in total. The van der Waals surface area contributed by atoms with E-state index in [1.807, 2.05) is 0 Å². The second-order valence-corrected chi connectivity index (χ2v) is 13.0. The first-order valence-electron chi connectivity index (χ1n) is 11.5. The first-order valence-corrected chi connectivity index (χ1v) is 16.0. The highest BCUT2D eigenvalue weighted by atomic mass is 31.3. The molecule has 0 spiro atoms. The number of rotatable bonds is 12. The molecule has 1 aliphatic heterocycles. The number of nitrogens with zero attached hydrogens (tertiary/aromatic N) is 5. The van der Waals surface area contributed by atoms with Gasteiger partial charge in [-0.15, -0.1) is 0 Å². The molecule has 3 heterocycles. The lowest BCUT2D eigenvalue weighted by atomic mass is 10.1. The van der Waals surface area contributed by atoms with Crippen molar-refractivity contribution in [3.8, 4) is 5.88 Å². The number of aromatic nitrogens is 4. The van der Waals surface area contributed by atoms with Crippen LogP contribution in [0.15, 0.2) is 30.6 Å². The Morgan fingerprint density at radius 1 is 1.17 bits per heavy atom. The van der Waals surface area contributed by atoms with Gasteiger partial charge in [0, 0.05) is 12.5 Å². The summed E-state index contributed by atoms with van der Waals surface area (Å²) in [5.41, 5.74) is 6.10. The monoisotopic (exact) mass is 656 g/mol. The van der Waals surface area contributed by atoms with Crippen molar-refractivity contribution in [1.82, 2.24) is 19.5 Å². The van der Waals surface area contributed by atoms with Gasteiger partial charge in [-0.2, -0.15) is 18.6 Å². The molecule has 3 aromatic rings. The number of nitro benzene ring substituents is 1. The van der Waals surface area contributed by atoms with Gasteiger partial charge in [0.1, 0.15) is 18.4 Å². The van der Waals surface area contributed by atoms with E-state index in [-0.39, 0.29) is 40.7 Å². The van der Waals surface area contributed by atoms with Gasteiger partial charge in [0.2, 0.25) is 11.8 Å². The summed E-state index contributed by atoms with van der Waals surface area (Å²) >= 11 is 0. The van der Waals surface area contributed by atoms with E-state index in [4.69, 9.17) is 25.0 Å². The Kier molecular flexibility index (Phi) is 9.15. The van der Waals surface area contributed by atoms with Crippen LogP contribution >= 0.6 is 23.5 Å². The van der Waals surface area contributed by atoms with Crippen molar-refractivity contribution in [2.75, 3.05) is 12.3 Å². The molecule has 1 aliphatic rings. The molecule has 0 saturated carbocycles. The summed E-state index contributed by atoms with van der Waals surface area (Å²) in [6.45, 7) is 0.676. The van der Waals surface area contributed by atoms with Crippen LogP contribution in [0.25, 0.3) is 11.2 Å². The summed E-state index contributed by atoms with van der Waals surface area (Å²) in [6, 6.07) is 5.93. The quantitative estimate of drug-likeness (QED) is 0.0912. The van der Waals surface area contributed by atoms with Gasteiger partial charge in [-0.25, -0.2) is 18.7 Å². The highest BCUT2D eigenvalue weighted by molar-refractivity contribution is 7.66. The van der Waals surface area contributed by atoms with Gasteiger partial charge in [0.15, 0.2) is 11.2 Å². The summed E-state index contributed by atoms with van der Waals surface area (Å²) in [6.07, 6.45) is -3.39. The van der Waals surface area contributed by atoms with Crippen molar-refractivity contribution >= 4 is 46.3 Å². The molecule has 0 aliphatic carbocycles. The van der Waals surface area contributed by atoms with Crippen LogP contribution in [0.3, 0.4) is 0 Å². The molecule has 2 aromatic heterocycles. The van der Waals surface area contributed by atoms with Crippen LogP contribution in [0.1, 0.15) is 31.2 Å². The van der Waals surface area contributed by atoms with Crippen LogP contribution in [0.4, 0.5) is 11.6 Å². The van der Waals surface area contributed by atoms with Crippen LogP contribution in [0.2, 0.25) is 0 Å². The number of aliphatic hydroxyl groups excluding tert-OH is 1. The van der Waals surface area contributed by atoms with Gasteiger partial charge in [0.05, 0.1) is 29.5 Å². The predicted molar refractivity (Wildman–Crippen MR) is 136 cm³/mol. The zero-order valence-electron chi connectivity index (χ0n) is 21.1. The molecule has 7 N–H and O–H groups in total. The predicted octanol–water partition coefficient (Wildman–Crippen LogP) is 1.45. The molecule has 24 heteroatoms. The minimum atomic E-state index is -5.73. The maximum absolute atomic E-state index is 12.0. The van der Waals surface area contributed by atoms with Crippen molar-refractivity contribution in [3.63, 3.8) is 0 Å². The van der Waals surface area contributed by atoms with Crippen molar-refractivity contribution in [1.29, 1.82) is 0 Å². The summed E-state index contributed by atoms with van der Waals surface area (Å²) in [4.78, 5) is 59.3. The molecular weight excluding hydrogens is 633 g/mol. The highest BCUT2D eigenvalue weighted by Crippen LogP contribution is 2.66. The Morgan fingerprint density at radius 3 is 2.52 bits per heavy atom. The zero-order chi connectivity index (χ0) is 31.0. The number of anilines is 1. The maximum atomic E-state index is 12.0. The summed E-state index contributed by atoms with van der Waals surface area (Å²) in [5.74, 6) is -0.360. The average molecular weight is 656 g/mol. The Labute approximate surface area is 234 Å². The number of para-hydroxylation sites is 1. The number of fused-ring (bicyclic) bond motifs is 1. The minimum Gasteiger partial charge on any atom is -0.468 e. The number of ether oxygens (including phenoxy) is 2. The molecular formula is C18H23N6O15P3. The van der Waals surface area contributed by atoms with E-state index in [0.29, 0.717) is 0 Å². The number of nitro groups is 1. The van der Waals surface area contributed by atoms with E-state index in [1.54, 1.807) is 13.0 Å². The lowest BCUT2D eigenvalue weighted by Crippen LogP contribution is -2.26. The number of hydrogen-bond donors (Lipinski definition) is 6. The van der Waals surface area contributed by atoms with Gasteiger partial charge in [-0.1, -0.05) is 12.1 Å². The summed E-state index contributed by atoms with van der Waals surface area (Å²) in [7, 11) is -16.7. The third-order valence-electron chi connectivity index (χ3n) is 5.60. The van der Waals surface area contributed by atoms with E-state index in [1.165, 1.54) is 29.1 Å². The maximum Gasteiger partial charge on any atom is 0.490 e. The molecule has 0 amide bonds. The number of benzene rings is 1. The highest BCUT2D eigenvalue weighted by Gasteiger charge is 2.43. The SMILES string of the molecule is CC(Oc1nc(N)nc2c1ncn2[C@H]1CC(O)[C@@H](COP(=O)(O)OP(=O)(O)OP(=O)(O)O)O1)c1ccccc1[N+](=O)[O-]. The molecule has 6 atom stereocenters. The van der Waals surface area contributed by atoms with Crippen LogP contribution in [-0.2, 0) is 31.6 Å². The number of nitrogens with two attached hydrogens (primary N) is 1. The molecule has 1 fully saturated rings. The van der Waals surface area contributed by atoms with E-state index in [0.717, 1.165) is 0 Å². The first kappa shape index (κ1) is 32.0. The third-order valence-corrected chi connectivity index (χ3v) is 9.40. The molecule has 230 valence electrons. The van der Waals surface area contributed by atoms with Gasteiger partial charge in [-0.3, -0.25) is 19.2 Å². The number of imidazole rings is 1. The molecule has 4 unspecified atom stereocenters. The number of nitrogen functional groups attached to an aromatic ring is 1. The number of aliphatic hydroxyl groups is 1. The summed E-state index contributed by atoms with van der Waals surface area (Å²) < 4.78 is 58.9. The van der Waals surface area contributed by atoms with Crippen LogP contribution in [-0.4, -0.2) is 67.9 Å². The first-order chi connectivity index (χ1) is 19.4. The summed E-state index contributed by atoms with van der Waals surface area (Å²) in [5, 5.41) is 21.8. The second kappa shape index (κ2) is 12.0. The van der Waals surface area contributed by atoms with E-state index < -0.39 is 59.5 Å². The molecule has 42 heavy (non-hydrogen) atoms. The Morgan fingerprint density at radius 2 is 1.86 bits per heavy atom. The Balaban J connectivity index is 1.49. The topological polar surface area (TPSA) is 311 Å². The van der Waals surface area contributed by atoms with Crippen LogP contribution in [0, 0.1) is 10.1 Å². The van der Waals surface area contributed by atoms with Crippen molar-refractivity contribution in [3.05, 3.63) is 46.3 Å². The Bertz CT molecular complexity index is 1630. The average Bonchev–Trinajstić information content (AvgIpc) is 3.43. The van der Waals surface area contributed by atoms with Crippen molar-refractivity contribution in [2.45, 2.75) is 37.9 Å². The molecule has 4 rings (SSSR count). The number of hydrogen-bond acceptors (Lipinski definition) is 15. The van der Waals surface area contributed by atoms with Gasteiger partial charge >= 0.3 is 23.5 Å². The smallest absolute Gasteiger partial charge is 0.468 e. The molecule has 0 bridgehead atoms. The fourth-order valence-corrected chi connectivity index (χ4v) is 6.96. The number of phosphoric ester groups is 1. The van der Waals surface area contributed by atoms with Crippen molar-refractivity contribution < 1.29 is 65.9 Å². The van der Waals surface area contributed by atoms with Crippen LogP contribution < -0.4 is 10.5 Å². The van der Waals surface area contributed by atoms with Crippen LogP contribution in [0.5, 0.6) is 5.88 Å². The molecule has 1 aromatic carbocycles. The lowest BCUT2D eigenvalue weighted by molar-refractivity contribution is -0.386. The largest absolute Gasteiger partial charge is 0.490 e. The van der Waals surface area contributed by atoms with E-state index in [2.05, 4.69) is 28.1 Å². The lowest BCUT2D eigenvalue weighted by Gasteiger charge is -2.19. The second-order valence-electron chi connectivity index (χ2n) is 8.61. The standard InChI is InChI=1S/C18H23N6O15P3/c1-9(10-4-2-3-5-11(10)24(26)27)36-17-15-16(21-18(19)22-17)23(8-20-15)14-6-12(25)13(37-14)7-35-41(31,32)39-42(33,34)38-40(28,29)30/h2-5,8-9,12-14,25H,6-7H2,1H3,(H,31,32)(H,33,34)(H2,19,21,22)(H2,28,29,30)/t9?,12?,13-,14-/m1/s1. The van der Waals surface area contributed by atoms with Crippen molar-refractivity contribution in [2.24, 2.45) is 0 Å². The van der Waals surface area contributed by atoms with Gasteiger partial charge < -0.3 is 39.9 Å². The normalized spacial score (nSPS) is 22.9. The number of phosphoric acid groups is 3. The van der Waals surface area contributed by atoms with Gasteiger partial charge in [-0.05, 0) is 13.0 Å². The zero-order valence-corrected chi connectivity index (χ0v) is 23.8. The molecule has 0 radical (unpaired) electrons. The Hall–Kier alpha value is -2.90. The third kappa shape index (κ3) is 7.73. The van der Waals surface area contributed by atoms with E-state index >= 15 is 0 Å². The minimum absolute atomic E-state index is 0.0815. The van der Waals surface area contributed by atoms with Gasteiger partial charge in [0.25, 0.3) is 5.69 Å². The molecule has 1 saturated heterocycles. The van der Waals surface area contributed by atoms with E-state index in [9.17, 15) is 38.7 Å². The fourth-order valence-electron chi connectivity index (χ4n) is 3.93.